The van der Waals surface area contributed by atoms with Gasteiger partial charge in [0.15, 0.2) is 0 Å². The number of rotatable bonds is 3. The average Bonchev–Trinajstić information content (AvgIpc) is 2.55. The Kier molecular flexibility index (Phi) is 3.84. The number of hydrogen-bond acceptors (Lipinski definition) is 4. The molecule has 3 rings (SSSR count). The molecule has 2 aromatic rings. The second-order valence-corrected chi connectivity index (χ2v) is 5.63. The van der Waals surface area contributed by atoms with Gasteiger partial charge in [0.1, 0.15) is 0 Å². The Morgan fingerprint density at radius 2 is 2.14 bits per heavy atom. The van der Waals surface area contributed by atoms with Gasteiger partial charge in [0, 0.05) is 24.6 Å². The van der Waals surface area contributed by atoms with E-state index in [4.69, 9.17) is 0 Å². The van der Waals surface area contributed by atoms with E-state index in [0.29, 0.717) is 0 Å². The number of anilines is 1. The first-order chi connectivity index (χ1) is 10.2. The Labute approximate surface area is 124 Å². The van der Waals surface area contributed by atoms with Gasteiger partial charge < -0.3 is 10.6 Å². The normalized spacial score (nSPS) is 22.1. The Hall–Kier alpha value is -2.01. The Bertz CT molecular complexity index is 650. The van der Waals surface area contributed by atoms with E-state index in [1.807, 2.05) is 18.2 Å². The molecule has 21 heavy (non-hydrogen) atoms. The topological polar surface area (TPSA) is 66.9 Å². The Balaban J connectivity index is 1.81. The smallest absolute Gasteiger partial charge is 0.231 e. The van der Waals surface area contributed by atoms with Crippen molar-refractivity contribution in [1.82, 2.24) is 15.3 Å². The molecule has 5 heteroatoms. The number of hydrogen-bond donors (Lipinski definition) is 2. The third-order valence-corrected chi connectivity index (χ3v) is 4.36. The molecule has 5 nitrogen and oxygen atoms in total. The summed E-state index contributed by atoms with van der Waals surface area (Å²) in [7, 11) is 0. The molecular formula is C16H20N4O. The van der Waals surface area contributed by atoms with Gasteiger partial charge >= 0.3 is 0 Å². The van der Waals surface area contributed by atoms with Crippen LogP contribution in [0.1, 0.15) is 26.2 Å². The molecule has 1 atom stereocenters. The second-order valence-electron chi connectivity index (χ2n) is 5.63. The fraction of sp³-hybridized carbons (Fsp3) is 0.438. The van der Waals surface area contributed by atoms with Crippen molar-refractivity contribution in [3.05, 3.63) is 30.6 Å². The summed E-state index contributed by atoms with van der Waals surface area (Å²) >= 11 is 0. The summed E-state index contributed by atoms with van der Waals surface area (Å²) in [4.78, 5) is 21.2. The fourth-order valence-electron chi connectivity index (χ4n) is 2.93. The number of carbonyl (C=O) groups is 1. The van der Waals surface area contributed by atoms with E-state index in [2.05, 4.69) is 27.5 Å². The van der Waals surface area contributed by atoms with Crippen molar-refractivity contribution in [3.63, 3.8) is 0 Å². The minimum atomic E-state index is -0.296. The highest BCUT2D eigenvalue weighted by atomic mass is 16.2. The highest BCUT2D eigenvalue weighted by Gasteiger charge is 2.37. The van der Waals surface area contributed by atoms with Crippen LogP contribution in [0.4, 0.5) is 5.69 Å². The Morgan fingerprint density at radius 1 is 1.33 bits per heavy atom. The van der Waals surface area contributed by atoms with Gasteiger partial charge in [0.25, 0.3) is 0 Å². The molecule has 1 aliphatic rings. The number of nitrogens with zero attached hydrogens (tertiary/aromatic N) is 2. The molecule has 1 fully saturated rings. The first-order valence-corrected chi connectivity index (χ1v) is 7.46. The number of amides is 1. The molecule has 2 heterocycles. The third-order valence-electron chi connectivity index (χ3n) is 4.36. The minimum absolute atomic E-state index is 0.0976. The van der Waals surface area contributed by atoms with Crippen LogP contribution in [0.5, 0.6) is 0 Å². The summed E-state index contributed by atoms with van der Waals surface area (Å²) in [5.41, 5.74) is 2.12. The number of aromatic nitrogens is 2. The summed E-state index contributed by atoms with van der Waals surface area (Å²) in [6.45, 7) is 3.84. The fourth-order valence-corrected chi connectivity index (χ4v) is 2.93. The summed E-state index contributed by atoms with van der Waals surface area (Å²) in [5.74, 6) is 0.0976. The van der Waals surface area contributed by atoms with Crippen LogP contribution in [0.2, 0.25) is 0 Å². The maximum absolute atomic E-state index is 12.7. The van der Waals surface area contributed by atoms with Crippen LogP contribution < -0.4 is 10.6 Å². The quantitative estimate of drug-likeness (QED) is 0.908. The van der Waals surface area contributed by atoms with E-state index in [1.165, 1.54) is 0 Å². The third kappa shape index (κ3) is 2.74. The molecule has 1 amide bonds. The van der Waals surface area contributed by atoms with Crippen LogP contribution >= 0.6 is 0 Å². The van der Waals surface area contributed by atoms with E-state index in [1.54, 1.807) is 12.4 Å². The second kappa shape index (κ2) is 5.77. The predicted octanol–water partition coefficient (Wildman–Crippen LogP) is 2.35. The monoisotopic (exact) mass is 284 g/mol. The van der Waals surface area contributed by atoms with Gasteiger partial charge in [-0.1, -0.05) is 6.92 Å². The number of carbonyl (C=O) groups excluding carboxylic acids is 1. The molecule has 0 bridgehead atoms. The molecular weight excluding hydrogens is 264 g/mol. The van der Waals surface area contributed by atoms with Gasteiger partial charge in [-0.25, -0.2) is 0 Å². The lowest BCUT2D eigenvalue weighted by Gasteiger charge is -2.35. The van der Waals surface area contributed by atoms with Crippen molar-refractivity contribution in [2.24, 2.45) is 5.41 Å². The van der Waals surface area contributed by atoms with Gasteiger partial charge in [-0.05, 0) is 44.0 Å². The van der Waals surface area contributed by atoms with Crippen LogP contribution in [-0.4, -0.2) is 29.0 Å². The Morgan fingerprint density at radius 3 is 2.86 bits per heavy atom. The highest BCUT2D eigenvalue weighted by molar-refractivity contribution is 5.97. The van der Waals surface area contributed by atoms with Crippen LogP contribution in [0.25, 0.3) is 11.0 Å². The van der Waals surface area contributed by atoms with Crippen molar-refractivity contribution >= 4 is 22.6 Å². The average molecular weight is 284 g/mol. The molecule has 1 saturated heterocycles. The van der Waals surface area contributed by atoms with Crippen molar-refractivity contribution in [2.45, 2.75) is 26.2 Å². The van der Waals surface area contributed by atoms with Gasteiger partial charge in [0.05, 0.1) is 16.4 Å². The number of fused-ring (bicyclic) bond motifs is 1. The minimum Gasteiger partial charge on any atom is -0.325 e. The zero-order valence-electron chi connectivity index (χ0n) is 12.2. The van der Waals surface area contributed by atoms with Gasteiger partial charge in [-0.3, -0.25) is 14.8 Å². The van der Waals surface area contributed by atoms with E-state index in [-0.39, 0.29) is 11.3 Å². The SMILES string of the molecule is CCC1(C(=O)Nc2ccc3nccnc3c2)CCCNC1. The largest absolute Gasteiger partial charge is 0.325 e. The molecule has 1 aromatic heterocycles. The first kappa shape index (κ1) is 13.9. The van der Waals surface area contributed by atoms with Gasteiger partial charge in [-0.2, -0.15) is 0 Å². The molecule has 0 saturated carbocycles. The lowest BCUT2D eigenvalue weighted by Crippen LogP contribution is -2.47. The predicted molar refractivity (Wildman–Crippen MR) is 83.0 cm³/mol. The first-order valence-electron chi connectivity index (χ1n) is 7.46. The van der Waals surface area contributed by atoms with Crippen LogP contribution in [0, 0.1) is 5.41 Å². The molecule has 0 aliphatic carbocycles. The standard InChI is InChI=1S/C16H20N4O/c1-2-16(6-3-7-17-11-16)15(21)20-12-4-5-13-14(10-12)19-9-8-18-13/h4-5,8-10,17H,2-3,6-7,11H2,1H3,(H,20,21). The zero-order chi connectivity index (χ0) is 14.7. The van der Waals surface area contributed by atoms with Crippen molar-refractivity contribution in [3.8, 4) is 0 Å². The van der Waals surface area contributed by atoms with Crippen molar-refractivity contribution < 1.29 is 4.79 Å². The number of benzene rings is 1. The highest BCUT2D eigenvalue weighted by Crippen LogP contribution is 2.31. The number of piperidine rings is 1. The summed E-state index contributed by atoms with van der Waals surface area (Å²) in [6.07, 6.45) is 6.16. The molecule has 0 radical (unpaired) electrons. The van der Waals surface area contributed by atoms with Crippen LogP contribution in [-0.2, 0) is 4.79 Å². The van der Waals surface area contributed by atoms with Gasteiger partial charge in [-0.15, -0.1) is 0 Å². The summed E-state index contributed by atoms with van der Waals surface area (Å²) in [6, 6.07) is 5.64. The molecule has 2 N–H and O–H groups in total. The van der Waals surface area contributed by atoms with E-state index < -0.39 is 0 Å². The van der Waals surface area contributed by atoms with Crippen molar-refractivity contribution in [1.29, 1.82) is 0 Å². The molecule has 1 unspecified atom stereocenters. The zero-order valence-corrected chi connectivity index (χ0v) is 12.2. The van der Waals surface area contributed by atoms with Crippen LogP contribution in [0.15, 0.2) is 30.6 Å². The van der Waals surface area contributed by atoms with Gasteiger partial charge in [0.2, 0.25) is 5.91 Å². The van der Waals surface area contributed by atoms with Crippen LogP contribution in [0.3, 0.4) is 0 Å². The van der Waals surface area contributed by atoms with E-state index in [9.17, 15) is 4.79 Å². The van der Waals surface area contributed by atoms with E-state index in [0.717, 1.165) is 49.1 Å². The molecule has 1 aliphatic heterocycles. The molecule has 1 aromatic carbocycles. The maximum atomic E-state index is 12.7. The van der Waals surface area contributed by atoms with E-state index >= 15 is 0 Å². The summed E-state index contributed by atoms with van der Waals surface area (Å²) < 4.78 is 0. The number of nitrogens with one attached hydrogen (secondary N) is 2. The summed E-state index contributed by atoms with van der Waals surface area (Å²) in [5, 5.41) is 6.39. The van der Waals surface area contributed by atoms with Crippen molar-refractivity contribution in [2.75, 3.05) is 18.4 Å². The lowest BCUT2D eigenvalue weighted by atomic mass is 9.77. The maximum Gasteiger partial charge on any atom is 0.231 e. The lowest BCUT2D eigenvalue weighted by molar-refractivity contribution is -0.126. The molecule has 0 spiro atoms. The molecule has 110 valence electrons.